The van der Waals surface area contributed by atoms with Crippen molar-refractivity contribution in [2.24, 2.45) is 5.73 Å². The molecule has 1 atom stereocenters. The van der Waals surface area contributed by atoms with Gasteiger partial charge in [-0.3, -0.25) is 0 Å². The highest BCUT2D eigenvalue weighted by atomic mass is 16.5. The Morgan fingerprint density at radius 1 is 0.889 bits per heavy atom. The quantitative estimate of drug-likeness (QED) is 0.888. The summed E-state index contributed by atoms with van der Waals surface area (Å²) in [6.07, 6.45) is 2.81. The molecule has 2 aromatic carbocycles. The van der Waals surface area contributed by atoms with Crippen LogP contribution in [0.5, 0.6) is 5.75 Å². The molecule has 2 nitrogen and oxygen atoms in total. The van der Waals surface area contributed by atoms with E-state index >= 15 is 0 Å². The van der Waals surface area contributed by atoms with Crippen molar-refractivity contribution in [2.45, 2.75) is 25.0 Å². The van der Waals surface area contributed by atoms with Crippen molar-refractivity contribution in [3.8, 4) is 5.75 Å². The van der Waals surface area contributed by atoms with Crippen LogP contribution >= 0.6 is 0 Å². The maximum absolute atomic E-state index is 6.24. The van der Waals surface area contributed by atoms with Gasteiger partial charge in [-0.05, 0) is 36.1 Å². The van der Waals surface area contributed by atoms with Crippen LogP contribution in [0.25, 0.3) is 0 Å². The van der Waals surface area contributed by atoms with Crippen LogP contribution in [-0.2, 0) is 0 Å². The Labute approximate surface area is 107 Å². The van der Waals surface area contributed by atoms with E-state index in [0.29, 0.717) is 6.10 Å². The molecule has 18 heavy (non-hydrogen) atoms. The highest BCUT2D eigenvalue weighted by Gasteiger charge is 2.23. The van der Waals surface area contributed by atoms with Crippen LogP contribution in [0, 0.1) is 0 Å². The van der Waals surface area contributed by atoms with Crippen molar-refractivity contribution in [1.82, 2.24) is 0 Å². The number of ether oxygens (including phenoxy) is 1. The Balaban J connectivity index is 1.75. The van der Waals surface area contributed by atoms with Gasteiger partial charge in [0.2, 0.25) is 0 Å². The Hall–Kier alpha value is -1.80. The first-order chi connectivity index (χ1) is 8.83. The number of nitrogens with two attached hydrogens (primary N) is 1. The lowest BCUT2D eigenvalue weighted by molar-refractivity contribution is 0.303. The van der Waals surface area contributed by atoms with E-state index in [0.717, 1.165) is 16.9 Å². The summed E-state index contributed by atoms with van der Waals surface area (Å²) in [5.41, 5.74) is 8.49. The predicted molar refractivity (Wildman–Crippen MR) is 72.6 cm³/mol. The van der Waals surface area contributed by atoms with Gasteiger partial charge in [0.25, 0.3) is 0 Å². The largest absolute Gasteiger partial charge is 0.490 e. The van der Waals surface area contributed by atoms with Crippen molar-refractivity contribution in [3.05, 3.63) is 65.7 Å². The van der Waals surface area contributed by atoms with Gasteiger partial charge in [-0.15, -0.1) is 0 Å². The lowest BCUT2D eigenvalue weighted by atomic mass is 10.00. The number of hydrogen-bond donors (Lipinski definition) is 1. The number of rotatable bonds is 4. The fraction of sp³-hybridized carbons (Fsp3) is 0.250. The molecule has 92 valence electrons. The zero-order chi connectivity index (χ0) is 12.4. The summed E-state index contributed by atoms with van der Waals surface area (Å²) in [6, 6.07) is 18.2. The van der Waals surface area contributed by atoms with E-state index in [9.17, 15) is 0 Å². The minimum Gasteiger partial charge on any atom is -0.490 e. The molecule has 3 rings (SSSR count). The zero-order valence-corrected chi connectivity index (χ0v) is 10.3. The van der Waals surface area contributed by atoms with E-state index < -0.39 is 0 Å². The van der Waals surface area contributed by atoms with E-state index in [2.05, 4.69) is 24.3 Å². The van der Waals surface area contributed by atoms with Gasteiger partial charge in [0.1, 0.15) is 5.75 Å². The summed E-state index contributed by atoms with van der Waals surface area (Å²) in [5.74, 6) is 0.946. The Morgan fingerprint density at radius 2 is 1.50 bits per heavy atom. The van der Waals surface area contributed by atoms with E-state index in [1.165, 1.54) is 12.8 Å². The smallest absolute Gasteiger partial charge is 0.119 e. The topological polar surface area (TPSA) is 35.2 Å². The van der Waals surface area contributed by atoms with Gasteiger partial charge in [-0.1, -0.05) is 42.5 Å². The second-order valence-corrected chi connectivity index (χ2v) is 4.77. The second-order valence-electron chi connectivity index (χ2n) is 4.77. The third-order valence-electron chi connectivity index (χ3n) is 3.23. The average Bonchev–Trinajstić information content (AvgIpc) is 3.24. The Morgan fingerprint density at radius 3 is 2.11 bits per heavy atom. The van der Waals surface area contributed by atoms with Crippen molar-refractivity contribution in [1.29, 1.82) is 0 Å². The zero-order valence-electron chi connectivity index (χ0n) is 10.3. The van der Waals surface area contributed by atoms with Crippen molar-refractivity contribution < 1.29 is 4.74 Å². The van der Waals surface area contributed by atoms with Gasteiger partial charge >= 0.3 is 0 Å². The minimum absolute atomic E-state index is 0.0684. The molecule has 0 saturated heterocycles. The molecule has 1 fully saturated rings. The first kappa shape index (κ1) is 11.3. The normalized spacial score (nSPS) is 16.3. The summed E-state index contributed by atoms with van der Waals surface area (Å²) in [6.45, 7) is 0. The van der Waals surface area contributed by atoms with Gasteiger partial charge in [-0.2, -0.15) is 0 Å². The molecule has 0 amide bonds. The molecule has 1 aliphatic carbocycles. The lowest BCUT2D eigenvalue weighted by Crippen LogP contribution is -2.11. The van der Waals surface area contributed by atoms with Crippen LogP contribution in [0.3, 0.4) is 0 Å². The molecule has 0 heterocycles. The third kappa shape index (κ3) is 2.54. The third-order valence-corrected chi connectivity index (χ3v) is 3.23. The van der Waals surface area contributed by atoms with E-state index in [1.807, 2.05) is 30.3 Å². The molecular weight excluding hydrogens is 222 g/mol. The standard InChI is InChI=1S/C16H17NO/c17-16(12-4-2-1-3-5-12)13-6-8-14(9-7-13)18-15-10-11-15/h1-9,15-16H,10-11,17H2. The first-order valence-electron chi connectivity index (χ1n) is 6.40. The van der Waals surface area contributed by atoms with Gasteiger partial charge < -0.3 is 10.5 Å². The molecule has 0 bridgehead atoms. The summed E-state index contributed by atoms with van der Waals surface area (Å²) in [5, 5.41) is 0. The van der Waals surface area contributed by atoms with Crippen LogP contribution in [0.4, 0.5) is 0 Å². The monoisotopic (exact) mass is 239 g/mol. The van der Waals surface area contributed by atoms with Crippen LogP contribution in [-0.4, -0.2) is 6.10 Å². The lowest BCUT2D eigenvalue weighted by Gasteiger charge is -2.13. The van der Waals surface area contributed by atoms with Gasteiger partial charge in [0.05, 0.1) is 12.1 Å². The maximum Gasteiger partial charge on any atom is 0.119 e. The summed E-state index contributed by atoms with van der Waals surface area (Å²) >= 11 is 0. The van der Waals surface area contributed by atoms with Crippen molar-refractivity contribution in [2.75, 3.05) is 0 Å². The van der Waals surface area contributed by atoms with Crippen LogP contribution < -0.4 is 10.5 Å². The van der Waals surface area contributed by atoms with Crippen LogP contribution in [0.2, 0.25) is 0 Å². The first-order valence-corrected chi connectivity index (χ1v) is 6.40. The number of hydrogen-bond acceptors (Lipinski definition) is 2. The molecule has 1 saturated carbocycles. The highest BCUT2D eigenvalue weighted by Crippen LogP contribution is 2.28. The van der Waals surface area contributed by atoms with E-state index in [1.54, 1.807) is 0 Å². The Bertz CT molecular complexity index is 502. The molecule has 2 aromatic rings. The average molecular weight is 239 g/mol. The van der Waals surface area contributed by atoms with Gasteiger partial charge in [0, 0.05) is 0 Å². The molecule has 1 aliphatic rings. The second kappa shape index (κ2) is 4.83. The molecule has 2 heteroatoms. The minimum atomic E-state index is -0.0684. The van der Waals surface area contributed by atoms with E-state index in [4.69, 9.17) is 10.5 Å². The van der Waals surface area contributed by atoms with E-state index in [-0.39, 0.29) is 6.04 Å². The van der Waals surface area contributed by atoms with Crippen LogP contribution in [0.1, 0.15) is 30.0 Å². The fourth-order valence-corrected chi connectivity index (χ4v) is 1.98. The fourth-order valence-electron chi connectivity index (χ4n) is 1.98. The predicted octanol–water partition coefficient (Wildman–Crippen LogP) is 3.28. The van der Waals surface area contributed by atoms with Crippen LogP contribution in [0.15, 0.2) is 54.6 Å². The summed E-state index contributed by atoms with van der Waals surface area (Å²) in [7, 11) is 0. The molecule has 0 aliphatic heterocycles. The maximum atomic E-state index is 6.24. The molecular formula is C16H17NO. The van der Waals surface area contributed by atoms with Crippen molar-refractivity contribution >= 4 is 0 Å². The summed E-state index contributed by atoms with van der Waals surface area (Å²) in [4.78, 5) is 0. The molecule has 0 spiro atoms. The van der Waals surface area contributed by atoms with Gasteiger partial charge in [-0.25, -0.2) is 0 Å². The van der Waals surface area contributed by atoms with Crippen molar-refractivity contribution in [3.63, 3.8) is 0 Å². The molecule has 0 aromatic heterocycles. The number of benzene rings is 2. The molecule has 2 N–H and O–H groups in total. The van der Waals surface area contributed by atoms with Gasteiger partial charge in [0.15, 0.2) is 0 Å². The Kier molecular flexibility index (Phi) is 3.03. The molecule has 0 radical (unpaired) electrons. The highest BCUT2D eigenvalue weighted by molar-refractivity contribution is 5.35. The summed E-state index contributed by atoms with van der Waals surface area (Å²) < 4.78 is 5.72. The SMILES string of the molecule is NC(c1ccccc1)c1ccc(OC2CC2)cc1. The molecule has 1 unspecified atom stereocenters.